The first-order valence-electron chi connectivity index (χ1n) is 5.87. The second-order valence-electron chi connectivity index (χ2n) is 4.34. The summed E-state index contributed by atoms with van der Waals surface area (Å²) >= 11 is 0. The van der Waals surface area contributed by atoms with E-state index in [1.165, 1.54) is 12.3 Å². The van der Waals surface area contributed by atoms with E-state index in [4.69, 9.17) is 0 Å². The summed E-state index contributed by atoms with van der Waals surface area (Å²) in [7, 11) is 0. The van der Waals surface area contributed by atoms with Crippen molar-refractivity contribution in [2.75, 3.05) is 5.32 Å². The number of pyridine rings is 1. The van der Waals surface area contributed by atoms with Crippen molar-refractivity contribution in [3.05, 3.63) is 24.3 Å². The topological polar surface area (TPSA) is 54.0 Å². The zero-order valence-corrected chi connectivity index (χ0v) is 9.74. The molecule has 1 fully saturated rings. The van der Waals surface area contributed by atoms with Gasteiger partial charge in [0.15, 0.2) is 5.82 Å². The molecule has 0 spiro atoms. The van der Waals surface area contributed by atoms with Crippen molar-refractivity contribution >= 4 is 11.7 Å². The summed E-state index contributed by atoms with van der Waals surface area (Å²) in [6, 6.07) is 1.34. The molecule has 1 aliphatic rings. The summed E-state index contributed by atoms with van der Waals surface area (Å²) in [6.45, 7) is 2.13. The van der Waals surface area contributed by atoms with Crippen LogP contribution in [0.25, 0.3) is 0 Å². The molecule has 0 aromatic carbocycles. The van der Waals surface area contributed by atoms with Crippen molar-refractivity contribution in [3.63, 3.8) is 0 Å². The summed E-state index contributed by atoms with van der Waals surface area (Å²) in [5, 5.41) is 5.31. The number of aromatic nitrogens is 1. The van der Waals surface area contributed by atoms with Crippen LogP contribution in [0.4, 0.5) is 14.9 Å². The smallest absolute Gasteiger partial charge is 0.319 e. The van der Waals surface area contributed by atoms with Crippen LogP contribution in [0.15, 0.2) is 18.5 Å². The first-order chi connectivity index (χ1) is 8.20. The number of urea groups is 1. The number of carbonyl (C=O) groups is 1. The molecule has 92 valence electrons. The number of nitrogens with one attached hydrogen (secondary N) is 2. The highest BCUT2D eigenvalue weighted by molar-refractivity contribution is 5.89. The largest absolute Gasteiger partial charge is 0.335 e. The van der Waals surface area contributed by atoms with Crippen LogP contribution in [0.3, 0.4) is 0 Å². The Morgan fingerprint density at radius 2 is 2.47 bits per heavy atom. The van der Waals surface area contributed by atoms with Crippen LogP contribution < -0.4 is 10.6 Å². The predicted octanol–water partition coefficient (Wildman–Crippen LogP) is 2.53. The molecule has 2 atom stereocenters. The minimum Gasteiger partial charge on any atom is -0.335 e. The van der Waals surface area contributed by atoms with Gasteiger partial charge in [-0.15, -0.1) is 0 Å². The molecule has 1 aromatic heterocycles. The van der Waals surface area contributed by atoms with Crippen molar-refractivity contribution < 1.29 is 9.18 Å². The van der Waals surface area contributed by atoms with E-state index in [1.807, 2.05) is 0 Å². The van der Waals surface area contributed by atoms with Gasteiger partial charge in [-0.25, -0.2) is 9.18 Å². The number of hydrogen-bond acceptors (Lipinski definition) is 2. The zero-order valence-electron chi connectivity index (χ0n) is 9.74. The van der Waals surface area contributed by atoms with Crippen molar-refractivity contribution in [2.24, 2.45) is 5.92 Å². The second-order valence-corrected chi connectivity index (χ2v) is 4.34. The molecule has 1 heterocycles. The molecule has 2 rings (SSSR count). The molecule has 2 N–H and O–H groups in total. The molecule has 1 saturated carbocycles. The van der Waals surface area contributed by atoms with E-state index >= 15 is 0 Å². The third-order valence-corrected chi connectivity index (χ3v) is 2.92. The minimum absolute atomic E-state index is 0.158. The number of rotatable bonds is 4. The fraction of sp³-hybridized carbons (Fsp3) is 0.500. The highest BCUT2D eigenvalue weighted by atomic mass is 19.1. The van der Waals surface area contributed by atoms with Crippen LogP contribution in [0.5, 0.6) is 0 Å². The number of nitrogens with zero attached hydrogens (tertiary/aromatic N) is 1. The first-order valence-corrected chi connectivity index (χ1v) is 5.87. The lowest BCUT2D eigenvalue weighted by Crippen LogP contribution is -2.31. The minimum atomic E-state index is -0.524. The Morgan fingerprint density at radius 1 is 1.65 bits per heavy atom. The standard InChI is InChI=1S/C12H16FN3O/c1-2-3-8-6-11(8)16-12(17)15-10-4-5-14-7-9(10)13/h4-5,7-8,11H,2-3,6H2,1H3,(H2,14,15,16,17)/t8-,11-/m0/s1. The molecule has 4 nitrogen and oxygen atoms in total. The van der Waals surface area contributed by atoms with Gasteiger partial charge in [0.05, 0.1) is 11.9 Å². The molecule has 2 amide bonds. The van der Waals surface area contributed by atoms with Gasteiger partial charge in [-0.1, -0.05) is 13.3 Å². The molecule has 1 aromatic rings. The third-order valence-electron chi connectivity index (χ3n) is 2.92. The summed E-state index contributed by atoms with van der Waals surface area (Å²) in [6.07, 6.45) is 5.81. The molecule has 0 bridgehead atoms. The van der Waals surface area contributed by atoms with Gasteiger partial charge in [0.2, 0.25) is 0 Å². The van der Waals surface area contributed by atoms with Crippen molar-refractivity contribution in [1.82, 2.24) is 10.3 Å². The predicted molar refractivity (Wildman–Crippen MR) is 63.2 cm³/mol. The van der Waals surface area contributed by atoms with Gasteiger partial charge in [-0.2, -0.15) is 0 Å². The fourth-order valence-electron chi connectivity index (χ4n) is 1.92. The van der Waals surface area contributed by atoms with Gasteiger partial charge in [0, 0.05) is 12.2 Å². The quantitative estimate of drug-likeness (QED) is 0.845. The number of hydrogen-bond donors (Lipinski definition) is 2. The number of anilines is 1. The average molecular weight is 237 g/mol. The van der Waals surface area contributed by atoms with Crippen LogP contribution in [0.1, 0.15) is 26.2 Å². The van der Waals surface area contributed by atoms with E-state index in [0.29, 0.717) is 5.92 Å². The lowest BCUT2D eigenvalue weighted by Gasteiger charge is -2.07. The highest BCUT2D eigenvalue weighted by Crippen LogP contribution is 2.34. The first kappa shape index (κ1) is 11.8. The Kier molecular flexibility index (Phi) is 3.56. The Hall–Kier alpha value is -1.65. The molecule has 17 heavy (non-hydrogen) atoms. The summed E-state index contributed by atoms with van der Waals surface area (Å²) in [5.74, 6) is 0.0663. The Labute approximate surface area is 99.6 Å². The number of amides is 2. The summed E-state index contributed by atoms with van der Waals surface area (Å²) in [4.78, 5) is 15.2. The molecule has 0 aliphatic heterocycles. The van der Waals surface area contributed by atoms with E-state index in [1.54, 1.807) is 0 Å². The van der Waals surface area contributed by atoms with Crippen LogP contribution >= 0.6 is 0 Å². The van der Waals surface area contributed by atoms with Crippen molar-refractivity contribution in [2.45, 2.75) is 32.2 Å². The monoisotopic (exact) mass is 237 g/mol. The van der Waals surface area contributed by atoms with E-state index in [2.05, 4.69) is 22.5 Å². The maximum atomic E-state index is 13.2. The second kappa shape index (κ2) is 5.12. The van der Waals surface area contributed by atoms with Crippen LogP contribution in [0.2, 0.25) is 0 Å². The van der Waals surface area contributed by atoms with Gasteiger partial charge < -0.3 is 10.6 Å². The van der Waals surface area contributed by atoms with Crippen LogP contribution in [0, 0.1) is 11.7 Å². The summed E-state index contributed by atoms with van der Waals surface area (Å²) < 4.78 is 13.2. The van der Waals surface area contributed by atoms with Gasteiger partial charge in [-0.3, -0.25) is 4.98 Å². The average Bonchev–Trinajstić information content (AvgIpc) is 3.00. The van der Waals surface area contributed by atoms with Gasteiger partial charge in [0.1, 0.15) is 0 Å². The van der Waals surface area contributed by atoms with E-state index in [-0.39, 0.29) is 17.8 Å². The molecule has 0 saturated heterocycles. The van der Waals surface area contributed by atoms with Crippen LogP contribution in [-0.4, -0.2) is 17.1 Å². The van der Waals surface area contributed by atoms with Gasteiger partial charge in [-0.05, 0) is 24.8 Å². The molecule has 0 unspecified atom stereocenters. The maximum absolute atomic E-state index is 13.2. The van der Waals surface area contributed by atoms with Crippen LogP contribution in [-0.2, 0) is 0 Å². The highest BCUT2D eigenvalue weighted by Gasteiger charge is 2.37. The summed E-state index contributed by atoms with van der Waals surface area (Å²) in [5.41, 5.74) is 0.158. The van der Waals surface area contributed by atoms with Gasteiger partial charge >= 0.3 is 6.03 Å². The fourth-order valence-corrected chi connectivity index (χ4v) is 1.92. The Balaban J connectivity index is 1.81. The maximum Gasteiger partial charge on any atom is 0.319 e. The molecule has 1 aliphatic carbocycles. The Morgan fingerprint density at radius 3 is 3.18 bits per heavy atom. The van der Waals surface area contributed by atoms with E-state index in [0.717, 1.165) is 25.5 Å². The van der Waals surface area contributed by atoms with E-state index in [9.17, 15) is 9.18 Å². The Bertz CT molecular complexity index is 410. The van der Waals surface area contributed by atoms with Gasteiger partial charge in [0.25, 0.3) is 0 Å². The molecule has 0 radical (unpaired) electrons. The van der Waals surface area contributed by atoms with E-state index < -0.39 is 5.82 Å². The van der Waals surface area contributed by atoms with Crippen molar-refractivity contribution in [3.8, 4) is 0 Å². The lowest BCUT2D eigenvalue weighted by molar-refractivity contribution is 0.251. The SMILES string of the molecule is CCC[C@H]1C[C@@H]1NC(=O)Nc1ccncc1F. The molecular formula is C12H16FN3O. The lowest BCUT2D eigenvalue weighted by atomic mass is 10.2. The normalized spacial score (nSPS) is 22.0. The molecule has 5 heteroatoms. The van der Waals surface area contributed by atoms with Crippen molar-refractivity contribution in [1.29, 1.82) is 0 Å². The zero-order chi connectivity index (χ0) is 12.3. The number of carbonyl (C=O) groups excluding carboxylic acids is 1. The third kappa shape index (κ3) is 3.15. The number of halogens is 1. The molecular weight excluding hydrogens is 221 g/mol.